The molecule has 0 saturated heterocycles. The summed E-state index contributed by atoms with van der Waals surface area (Å²) in [6, 6.07) is 0.722. The van der Waals surface area contributed by atoms with Gasteiger partial charge in [-0.05, 0) is 6.07 Å². The Labute approximate surface area is 111 Å². The molecular formula is C11H12F3NO3S. The molecule has 0 aliphatic heterocycles. The van der Waals surface area contributed by atoms with Crippen molar-refractivity contribution in [3.63, 3.8) is 0 Å². The quantitative estimate of drug-likeness (QED) is 0.886. The first-order valence-electron chi connectivity index (χ1n) is 5.23. The minimum atomic E-state index is -4.57. The highest BCUT2D eigenvalue weighted by Crippen LogP contribution is 2.30. The number of aliphatic hydroxyl groups excluding tert-OH is 2. The number of hydrogen-bond acceptors (Lipinski definition) is 5. The van der Waals surface area contributed by atoms with Crippen LogP contribution >= 0.6 is 11.8 Å². The highest BCUT2D eigenvalue weighted by atomic mass is 32.2. The summed E-state index contributed by atoms with van der Waals surface area (Å²) < 4.78 is 37.4. The van der Waals surface area contributed by atoms with E-state index in [0.29, 0.717) is 6.20 Å². The van der Waals surface area contributed by atoms with Crippen LogP contribution in [-0.2, 0) is 11.0 Å². The SMILES string of the molecule is CC(=O)SCC(O)C(O)c1cncc(C(F)(F)F)c1. The molecule has 0 amide bonds. The lowest BCUT2D eigenvalue weighted by molar-refractivity contribution is -0.138. The van der Waals surface area contributed by atoms with Crippen molar-refractivity contribution in [3.8, 4) is 0 Å². The maximum atomic E-state index is 12.5. The Morgan fingerprint density at radius 3 is 2.58 bits per heavy atom. The molecule has 0 saturated carbocycles. The van der Waals surface area contributed by atoms with E-state index < -0.39 is 23.9 Å². The molecule has 0 spiro atoms. The van der Waals surface area contributed by atoms with Crippen LogP contribution < -0.4 is 0 Å². The molecule has 0 fully saturated rings. The number of rotatable bonds is 4. The highest BCUT2D eigenvalue weighted by Gasteiger charge is 2.32. The van der Waals surface area contributed by atoms with Gasteiger partial charge < -0.3 is 10.2 Å². The van der Waals surface area contributed by atoms with Gasteiger partial charge in [0.15, 0.2) is 5.12 Å². The van der Waals surface area contributed by atoms with Crippen LogP contribution in [-0.4, -0.2) is 32.2 Å². The van der Waals surface area contributed by atoms with Crippen molar-refractivity contribution in [2.75, 3.05) is 5.75 Å². The molecule has 8 heteroatoms. The largest absolute Gasteiger partial charge is 0.417 e. The van der Waals surface area contributed by atoms with E-state index in [4.69, 9.17) is 0 Å². The van der Waals surface area contributed by atoms with Crippen LogP contribution in [0.4, 0.5) is 13.2 Å². The lowest BCUT2D eigenvalue weighted by Gasteiger charge is -2.18. The third-order valence-electron chi connectivity index (χ3n) is 2.25. The molecule has 106 valence electrons. The average Bonchev–Trinajstić information content (AvgIpc) is 2.34. The van der Waals surface area contributed by atoms with Crippen LogP contribution in [0, 0.1) is 0 Å². The van der Waals surface area contributed by atoms with Crippen LogP contribution in [0.3, 0.4) is 0 Å². The molecule has 0 bridgehead atoms. The van der Waals surface area contributed by atoms with E-state index in [-0.39, 0.29) is 16.4 Å². The third kappa shape index (κ3) is 4.81. The summed E-state index contributed by atoms with van der Waals surface area (Å²) in [4.78, 5) is 14.1. The topological polar surface area (TPSA) is 70.4 Å². The Kier molecular flexibility index (Phi) is 5.33. The zero-order chi connectivity index (χ0) is 14.6. The van der Waals surface area contributed by atoms with Gasteiger partial charge in [-0.25, -0.2) is 0 Å². The molecule has 0 aliphatic rings. The van der Waals surface area contributed by atoms with Crippen LogP contribution in [0.15, 0.2) is 18.5 Å². The molecule has 0 radical (unpaired) electrons. The fourth-order valence-electron chi connectivity index (χ4n) is 1.29. The number of pyridine rings is 1. The molecule has 0 aromatic carbocycles. The number of aliphatic hydroxyl groups is 2. The van der Waals surface area contributed by atoms with Gasteiger partial charge in [0.1, 0.15) is 6.10 Å². The number of alkyl halides is 3. The van der Waals surface area contributed by atoms with E-state index in [1.165, 1.54) is 6.92 Å². The number of halogens is 3. The first kappa shape index (κ1) is 15.9. The highest BCUT2D eigenvalue weighted by molar-refractivity contribution is 8.13. The summed E-state index contributed by atoms with van der Waals surface area (Å²) in [5.41, 5.74) is -1.15. The second-order valence-corrected chi connectivity index (χ2v) is 5.02. The van der Waals surface area contributed by atoms with Crippen LogP contribution in [0.5, 0.6) is 0 Å². The van der Waals surface area contributed by atoms with E-state index in [9.17, 15) is 28.2 Å². The molecular weight excluding hydrogens is 283 g/mol. The van der Waals surface area contributed by atoms with Gasteiger partial charge in [0, 0.05) is 30.6 Å². The summed E-state index contributed by atoms with van der Waals surface area (Å²) in [5.74, 6) is -0.104. The average molecular weight is 295 g/mol. The molecule has 19 heavy (non-hydrogen) atoms. The molecule has 0 aliphatic carbocycles. The fraction of sp³-hybridized carbons (Fsp3) is 0.455. The van der Waals surface area contributed by atoms with Gasteiger partial charge >= 0.3 is 6.18 Å². The molecule has 2 unspecified atom stereocenters. The van der Waals surface area contributed by atoms with Crippen molar-refractivity contribution in [1.82, 2.24) is 4.98 Å². The number of carbonyl (C=O) groups excluding carboxylic acids is 1. The standard InChI is InChI=1S/C11H12F3NO3S/c1-6(16)19-5-9(17)10(18)7-2-8(4-15-3-7)11(12,13)14/h2-4,9-10,17-18H,5H2,1H3. The fourth-order valence-corrected chi connectivity index (χ4v) is 1.88. The normalized spacial score (nSPS) is 15.1. The minimum Gasteiger partial charge on any atom is -0.389 e. The first-order valence-corrected chi connectivity index (χ1v) is 6.22. The Balaban J connectivity index is 2.82. The smallest absolute Gasteiger partial charge is 0.389 e. The maximum Gasteiger partial charge on any atom is 0.417 e. The number of aromatic nitrogens is 1. The predicted octanol–water partition coefficient (Wildman–Crippen LogP) is 1.77. The third-order valence-corrected chi connectivity index (χ3v) is 3.16. The molecule has 1 rings (SSSR count). The zero-order valence-electron chi connectivity index (χ0n) is 9.89. The summed E-state index contributed by atoms with van der Waals surface area (Å²) in [5, 5.41) is 19.0. The first-order chi connectivity index (χ1) is 8.71. The lowest BCUT2D eigenvalue weighted by Crippen LogP contribution is -2.22. The van der Waals surface area contributed by atoms with Crippen LogP contribution in [0.1, 0.15) is 24.2 Å². The van der Waals surface area contributed by atoms with Crippen molar-refractivity contribution in [2.24, 2.45) is 0 Å². The van der Waals surface area contributed by atoms with Crippen molar-refractivity contribution in [2.45, 2.75) is 25.3 Å². The van der Waals surface area contributed by atoms with Gasteiger partial charge in [0.25, 0.3) is 0 Å². The Hall–Kier alpha value is -1.12. The van der Waals surface area contributed by atoms with Crippen LogP contribution in [0.25, 0.3) is 0 Å². The van der Waals surface area contributed by atoms with Crippen molar-refractivity contribution >= 4 is 16.9 Å². The van der Waals surface area contributed by atoms with Gasteiger partial charge in [-0.1, -0.05) is 11.8 Å². The molecule has 4 nitrogen and oxygen atoms in total. The Morgan fingerprint density at radius 2 is 2.05 bits per heavy atom. The van der Waals surface area contributed by atoms with Gasteiger partial charge in [0.2, 0.25) is 0 Å². The number of nitrogens with zero attached hydrogens (tertiary/aromatic N) is 1. The van der Waals surface area contributed by atoms with Crippen molar-refractivity contribution in [3.05, 3.63) is 29.6 Å². The van der Waals surface area contributed by atoms with Gasteiger partial charge in [0.05, 0.1) is 11.7 Å². The van der Waals surface area contributed by atoms with Gasteiger partial charge in [-0.2, -0.15) is 13.2 Å². The molecule has 1 heterocycles. The van der Waals surface area contributed by atoms with E-state index in [2.05, 4.69) is 4.98 Å². The molecule has 1 aromatic heterocycles. The van der Waals surface area contributed by atoms with E-state index in [1.54, 1.807) is 0 Å². The maximum absolute atomic E-state index is 12.5. The molecule has 1 aromatic rings. The Bertz CT molecular complexity index is 453. The zero-order valence-corrected chi connectivity index (χ0v) is 10.7. The van der Waals surface area contributed by atoms with Gasteiger partial charge in [-0.15, -0.1) is 0 Å². The summed E-state index contributed by atoms with van der Waals surface area (Å²) in [6.45, 7) is 1.29. The number of hydrogen-bond donors (Lipinski definition) is 2. The minimum absolute atomic E-state index is 0.104. The second-order valence-electron chi connectivity index (χ2n) is 3.82. The van der Waals surface area contributed by atoms with E-state index in [1.807, 2.05) is 0 Å². The monoisotopic (exact) mass is 295 g/mol. The molecule has 2 N–H and O–H groups in total. The number of thioether (sulfide) groups is 1. The van der Waals surface area contributed by atoms with Crippen molar-refractivity contribution in [1.29, 1.82) is 0 Å². The summed E-state index contributed by atoms with van der Waals surface area (Å²) >= 11 is 0.781. The summed E-state index contributed by atoms with van der Waals surface area (Å²) in [6.07, 6.45) is -5.77. The van der Waals surface area contributed by atoms with Crippen LogP contribution in [0.2, 0.25) is 0 Å². The van der Waals surface area contributed by atoms with E-state index in [0.717, 1.165) is 24.0 Å². The van der Waals surface area contributed by atoms with Crippen molar-refractivity contribution < 1.29 is 28.2 Å². The Morgan fingerprint density at radius 1 is 1.42 bits per heavy atom. The van der Waals surface area contributed by atoms with E-state index >= 15 is 0 Å². The second kappa shape index (κ2) is 6.36. The van der Waals surface area contributed by atoms with Gasteiger partial charge in [-0.3, -0.25) is 9.78 Å². The predicted molar refractivity (Wildman–Crippen MR) is 63.3 cm³/mol. The lowest BCUT2D eigenvalue weighted by atomic mass is 10.1. The molecule has 2 atom stereocenters. The summed E-state index contributed by atoms with van der Waals surface area (Å²) in [7, 11) is 0. The number of carbonyl (C=O) groups is 1.